The van der Waals surface area contributed by atoms with E-state index in [9.17, 15) is 0 Å². The molecule has 0 unspecified atom stereocenters. The van der Waals surface area contributed by atoms with Crippen LogP contribution < -0.4 is 10.6 Å². The summed E-state index contributed by atoms with van der Waals surface area (Å²) in [5.41, 5.74) is 8.87. The van der Waals surface area contributed by atoms with Crippen molar-refractivity contribution in [1.29, 1.82) is 0 Å². The van der Waals surface area contributed by atoms with Crippen molar-refractivity contribution < 1.29 is 0 Å². The molecule has 0 spiro atoms. The summed E-state index contributed by atoms with van der Waals surface area (Å²) in [5, 5.41) is 0.875. The lowest BCUT2D eigenvalue weighted by molar-refractivity contribution is 0.302. The average molecular weight is 293 g/mol. The minimum atomic E-state index is -0.150. The smallest absolute Gasteiger partial charge is 0.0643 e. The zero-order valence-corrected chi connectivity index (χ0v) is 13.0. The summed E-state index contributed by atoms with van der Waals surface area (Å²) in [5.74, 6) is 0. The fraction of sp³-hybridized carbons (Fsp3) is 0.647. The van der Waals surface area contributed by atoms with Gasteiger partial charge in [0.1, 0.15) is 0 Å². The Hall–Kier alpha value is -0.730. The minimum Gasteiger partial charge on any atom is -0.370 e. The number of rotatable bonds is 2. The molecule has 2 fully saturated rings. The summed E-state index contributed by atoms with van der Waals surface area (Å²) in [4.78, 5) is 2.42. The molecule has 1 saturated heterocycles. The largest absolute Gasteiger partial charge is 0.370 e. The van der Waals surface area contributed by atoms with Crippen molar-refractivity contribution in [2.45, 2.75) is 56.9 Å². The summed E-state index contributed by atoms with van der Waals surface area (Å²) in [7, 11) is 0. The van der Waals surface area contributed by atoms with Crippen molar-refractivity contribution >= 4 is 17.3 Å². The van der Waals surface area contributed by atoms with Crippen LogP contribution >= 0.6 is 11.6 Å². The number of piperidine rings is 1. The maximum Gasteiger partial charge on any atom is 0.0643 e. The number of hydrogen-bond donors (Lipinski definition) is 1. The summed E-state index contributed by atoms with van der Waals surface area (Å²) in [6.45, 7) is 2.26. The van der Waals surface area contributed by atoms with Crippen molar-refractivity contribution in [2.24, 2.45) is 5.73 Å². The maximum atomic E-state index is 6.61. The van der Waals surface area contributed by atoms with E-state index in [2.05, 4.69) is 23.1 Å². The highest BCUT2D eigenvalue weighted by Crippen LogP contribution is 2.38. The lowest BCUT2D eigenvalue weighted by atomic mass is 9.77. The van der Waals surface area contributed by atoms with Gasteiger partial charge in [0.05, 0.1) is 10.7 Å². The third-order valence-electron chi connectivity index (χ3n) is 4.97. The molecule has 110 valence electrons. The van der Waals surface area contributed by atoms with Gasteiger partial charge in [-0.3, -0.25) is 0 Å². The molecular formula is C17H25ClN2. The summed E-state index contributed by atoms with van der Waals surface area (Å²) in [6, 6.07) is 6.52. The van der Waals surface area contributed by atoms with Crippen molar-refractivity contribution in [2.75, 3.05) is 18.0 Å². The van der Waals surface area contributed by atoms with Crippen LogP contribution in [-0.4, -0.2) is 13.1 Å². The first-order valence-electron chi connectivity index (χ1n) is 8.03. The van der Waals surface area contributed by atoms with Crippen LogP contribution in [0.2, 0.25) is 5.02 Å². The van der Waals surface area contributed by atoms with Gasteiger partial charge in [-0.1, -0.05) is 36.9 Å². The van der Waals surface area contributed by atoms with Crippen molar-refractivity contribution in [3.8, 4) is 0 Å². The molecular weight excluding hydrogens is 268 g/mol. The first-order chi connectivity index (χ1) is 9.69. The second-order valence-corrected chi connectivity index (χ2v) is 6.84. The van der Waals surface area contributed by atoms with Crippen molar-refractivity contribution in [3.05, 3.63) is 28.8 Å². The van der Waals surface area contributed by atoms with E-state index in [4.69, 9.17) is 17.3 Å². The number of nitrogens with zero attached hydrogens (tertiary/aromatic N) is 1. The molecule has 0 bridgehead atoms. The zero-order valence-electron chi connectivity index (χ0n) is 12.2. The number of hydrogen-bond acceptors (Lipinski definition) is 2. The van der Waals surface area contributed by atoms with Crippen molar-refractivity contribution in [1.82, 2.24) is 0 Å². The molecule has 3 rings (SSSR count). The molecule has 2 N–H and O–H groups in total. The van der Waals surface area contributed by atoms with Crippen LogP contribution in [0.1, 0.15) is 56.9 Å². The van der Waals surface area contributed by atoms with E-state index < -0.39 is 0 Å². The first-order valence-corrected chi connectivity index (χ1v) is 8.41. The molecule has 1 heterocycles. The highest BCUT2D eigenvalue weighted by atomic mass is 35.5. The average Bonchev–Trinajstić information content (AvgIpc) is 2.49. The lowest BCUT2D eigenvalue weighted by Gasteiger charge is -2.35. The molecule has 0 atom stereocenters. The van der Waals surface area contributed by atoms with Crippen LogP contribution in [0.15, 0.2) is 18.2 Å². The van der Waals surface area contributed by atoms with Gasteiger partial charge in [0.15, 0.2) is 0 Å². The Morgan fingerprint density at radius 2 is 1.60 bits per heavy atom. The first kappa shape index (κ1) is 14.2. The Kier molecular flexibility index (Phi) is 4.23. The van der Waals surface area contributed by atoms with Gasteiger partial charge >= 0.3 is 0 Å². The summed E-state index contributed by atoms with van der Waals surface area (Å²) >= 11 is 6.55. The maximum absolute atomic E-state index is 6.61. The molecule has 2 nitrogen and oxygen atoms in total. The molecule has 1 aliphatic carbocycles. The summed E-state index contributed by atoms with van der Waals surface area (Å²) < 4.78 is 0. The second-order valence-electron chi connectivity index (χ2n) is 6.43. The Labute approximate surface area is 127 Å². The third kappa shape index (κ3) is 2.82. The van der Waals surface area contributed by atoms with Crippen LogP contribution in [0.3, 0.4) is 0 Å². The van der Waals surface area contributed by atoms with Crippen LogP contribution in [0.4, 0.5) is 5.69 Å². The van der Waals surface area contributed by atoms with Gasteiger partial charge in [0.25, 0.3) is 0 Å². The number of nitrogens with two attached hydrogens (primary N) is 1. The highest BCUT2D eigenvalue weighted by molar-refractivity contribution is 6.33. The van der Waals surface area contributed by atoms with E-state index >= 15 is 0 Å². The molecule has 0 amide bonds. The van der Waals surface area contributed by atoms with Crippen LogP contribution in [-0.2, 0) is 5.54 Å². The molecule has 0 aromatic heterocycles. The van der Waals surface area contributed by atoms with Gasteiger partial charge in [-0.15, -0.1) is 0 Å². The van der Waals surface area contributed by atoms with E-state index in [0.29, 0.717) is 0 Å². The molecule has 1 aromatic rings. The second kappa shape index (κ2) is 5.95. The quantitative estimate of drug-likeness (QED) is 0.872. The number of halogens is 1. The fourth-order valence-corrected chi connectivity index (χ4v) is 3.98. The monoisotopic (exact) mass is 292 g/mol. The highest BCUT2D eigenvalue weighted by Gasteiger charge is 2.30. The number of anilines is 1. The minimum absolute atomic E-state index is 0.150. The predicted octanol–water partition coefficient (Wildman–Crippen LogP) is 4.45. The van der Waals surface area contributed by atoms with E-state index in [1.54, 1.807) is 0 Å². The van der Waals surface area contributed by atoms with Gasteiger partial charge in [-0.05, 0) is 49.8 Å². The van der Waals surface area contributed by atoms with Crippen molar-refractivity contribution in [3.63, 3.8) is 0 Å². The predicted molar refractivity (Wildman–Crippen MR) is 86.5 cm³/mol. The third-order valence-corrected chi connectivity index (χ3v) is 5.27. The van der Waals surface area contributed by atoms with Gasteiger partial charge in [-0.25, -0.2) is 0 Å². The molecule has 3 heteroatoms. The van der Waals surface area contributed by atoms with E-state index in [-0.39, 0.29) is 5.54 Å². The Morgan fingerprint density at radius 1 is 0.950 bits per heavy atom. The van der Waals surface area contributed by atoms with Crippen LogP contribution in [0, 0.1) is 0 Å². The zero-order chi connectivity index (χ0) is 14.0. The van der Waals surface area contributed by atoms with E-state index in [1.165, 1.54) is 49.8 Å². The van der Waals surface area contributed by atoms with Gasteiger partial charge in [-0.2, -0.15) is 0 Å². The SMILES string of the molecule is NC1(c2ccc(N3CCCCC3)c(Cl)c2)CCCCC1. The molecule has 20 heavy (non-hydrogen) atoms. The topological polar surface area (TPSA) is 29.3 Å². The van der Waals surface area contributed by atoms with Gasteiger partial charge < -0.3 is 10.6 Å². The van der Waals surface area contributed by atoms with E-state index in [0.717, 1.165) is 31.0 Å². The lowest BCUT2D eigenvalue weighted by Crippen LogP contribution is -2.38. The molecule has 0 radical (unpaired) electrons. The normalized spacial score (nSPS) is 22.8. The molecule has 1 aromatic carbocycles. The van der Waals surface area contributed by atoms with Gasteiger partial charge in [0.2, 0.25) is 0 Å². The summed E-state index contributed by atoms with van der Waals surface area (Å²) in [6.07, 6.45) is 9.87. The van der Waals surface area contributed by atoms with Crippen LogP contribution in [0.5, 0.6) is 0 Å². The molecule has 2 aliphatic rings. The Balaban J connectivity index is 1.83. The van der Waals surface area contributed by atoms with Crippen LogP contribution in [0.25, 0.3) is 0 Å². The molecule has 1 saturated carbocycles. The Bertz CT molecular complexity index is 460. The Morgan fingerprint density at radius 3 is 2.25 bits per heavy atom. The fourth-order valence-electron chi connectivity index (χ4n) is 3.68. The molecule has 1 aliphatic heterocycles. The van der Waals surface area contributed by atoms with Gasteiger partial charge in [0, 0.05) is 18.6 Å². The number of benzene rings is 1. The van der Waals surface area contributed by atoms with E-state index in [1.807, 2.05) is 0 Å². The standard InChI is InChI=1S/C17H25ClN2/c18-15-13-14(17(19)9-3-1-4-10-17)7-8-16(15)20-11-5-2-6-12-20/h7-8,13H,1-6,9-12,19H2.